The molecule has 0 aromatic heterocycles. The summed E-state index contributed by atoms with van der Waals surface area (Å²) in [6.07, 6.45) is 0. The van der Waals surface area contributed by atoms with Crippen molar-refractivity contribution in [2.45, 2.75) is 26.4 Å². The lowest BCUT2D eigenvalue weighted by atomic mass is 10.2. The summed E-state index contributed by atoms with van der Waals surface area (Å²) in [6, 6.07) is 13.7. The van der Waals surface area contributed by atoms with E-state index in [4.69, 9.17) is 16.3 Å². The number of nitrogens with zero attached hydrogens (tertiary/aromatic N) is 1. The molecule has 0 saturated carbocycles. The molecule has 0 heterocycles. The summed E-state index contributed by atoms with van der Waals surface area (Å²) in [7, 11) is 0. The molecule has 6 heteroatoms. The van der Waals surface area contributed by atoms with Crippen LogP contribution < -0.4 is 10.1 Å². The summed E-state index contributed by atoms with van der Waals surface area (Å²) in [4.78, 5) is 14.1. The normalized spacial score (nSPS) is 10.6. The van der Waals surface area contributed by atoms with E-state index < -0.39 is 5.82 Å². The fraction of sp³-hybridized carbons (Fsp3) is 0.316. The Morgan fingerprint density at radius 3 is 2.60 bits per heavy atom. The number of urea groups is 1. The van der Waals surface area contributed by atoms with Crippen molar-refractivity contribution in [3.05, 3.63) is 64.9 Å². The van der Waals surface area contributed by atoms with E-state index in [2.05, 4.69) is 5.32 Å². The first-order valence-corrected chi connectivity index (χ1v) is 8.51. The molecular weight excluding hydrogens is 343 g/mol. The van der Waals surface area contributed by atoms with Gasteiger partial charge in [0.1, 0.15) is 18.2 Å². The van der Waals surface area contributed by atoms with Crippen molar-refractivity contribution in [2.75, 3.05) is 13.2 Å². The Morgan fingerprint density at radius 2 is 1.96 bits per heavy atom. The minimum Gasteiger partial charge on any atom is -0.490 e. The lowest BCUT2D eigenvalue weighted by Crippen LogP contribution is -2.44. The minimum atomic E-state index is -0.417. The molecule has 2 rings (SSSR count). The van der Waals surface area contributed by atoms with Crippen molar-refractivity contribution in [3.63, 3.8) is 0 Å². The van der Waals surface area contributed by atoms with E-state index in [9.17, 15) is 9.18 Å². The highest BCUT2D eigenvalue weighted by Crippen LogP contribution is 2.24. The Morgan fingerprint density at radius 1 is 1.24 bits per heavy atom. The second-order valence-corrected chi connectivity index (χ2v) is 6.27. The zero-order valence-electron chi connectivity index (χ0n) is 14.3. The van der Waals surface area contributed by atoms with Crippen LogP contribution in [0, 0.1) is 5.82 Å². The van der Waals surface area contributed by atoms with Crippen molar-refractivity contribution in [2.24, 2.45) is 0 Å². The Hall–Kier alpha value is -2.27. The van der Waals surface area contributed by atoms with E-state index in [-0.39, 0.29) is 23.7 Å². The summed E-state index contributed by atoms with van der Waals surface area (Å²) < 4.78 is 18.5. The minimum absolute atomic E-state index is 0.0627. The van der Waals surface area contributed by atoms with Crippen LogP contribution in [0.5, 0.6) is 5.75 Å². The number of hydrogen-bond donors (Lipinski definition) is 1. The van der Waals surface area contributed by atoms with Crippen LogP contribution in [0.2, 0.25) is 5.02 Å². The SMILES string of the molecule is CC(C)N(Cc1ccccc1)C(=O)NCCOc1ccc(F)cc1Cl. The maximum Gasteiger partial charge on any atom is 0.318 e. The van der Waals surface area contributed by atoms with Crippen LogP contribution in [0.4, 0.5) is 9.18 Å². The first kappa shape index (κ1) is 19.1. The van der Waals surface area contributed by atoms with Gasteiger partial charge in [-0.25, -0.2) is 9.18 Å². The number of halogens is 2. The maximum atomic E-state index is 13.0. The summed E-state index contributed by atoms with van der Waals surface area (Å²) >= 11 is 5.89. The van der Waals surface area contributed by atoms with Crippen molar-refractivity contribution in [1.29, 1.82) is 0 Å². The molecule has 0 unspecified atom stereocenters. The van der Waals surface area contributed by atoms with Crippen LogP contribution in [-0.4, -0.2) is 30.1 Å². The van der Waals surface area contributed by atoms with E-state index in [0.717, 1.165) is 5.56 Å². The summed E-state index contributed by atoms with van der Waals surface area (Å²) in [5.41, 5.74) is 1.07. The Balaban J connectivity index is 1.82. The number of amides is 2. The summed E-state index contributed by atoms with van der Waals surface area (Å²) in [5.74, 6) is -0.0264. The standard InChI is InChI=1S/C19H22ClFN2O2/c1-14(2)23(13-15-6-4-3-5-7-15)19(24)22-10-11-25-18-9-8-16(21)12-17(18)20/h3-9,12,14H,10-11,13H2,1-2H3,(H,22,24). The Bertz CT molecular complexity index is 695. The molecule has 2 amide bonds. The lowest BCUT2D eigenvalue weighted by Gasteiger charge is -2.27. The third-order valence-corrected chi connectivity index (χ3v) is 3.91. The fourth-order valence-electron chi connectivity index (χ4n) is 2.28. The highest BCUT2D eigenvalue weighted by Gasteiger charge is 2.16. The van der Waals surface area contributed by atoms with Crippen LogP contribution in [0.15, 0.2) is 48.5 Å². The molecule has 2 aromatic rings. The van der Waals surface area contributed by atoms with Gasteiger partial charge in [-0.15, -0.1) is 0 Å². The van der Waals surface area contributed by atoms with Crippen molar-refractivity contribution < 1.29 is 13.9 Å². The number of hydrogen-bond acceptors (Lipinski definition) is 2. The lowest BCUT2D eigenvalue weighted by molar-refractivity contribution is 0.177. The van der Waals surface area contributed by atoms with E-state index in [1.165, 1.54) is 18.2 Å². The zero-order chi connectivity index (χ0) is 18.2. The molecule has 0 aliphatic rings. The van der Waals surface area contributed by atoms with Crippen LogP contribution in [-0.2, 0) is 6.54 Å². The first-order chi connectivity index (χ1) is 12.0. The van der Waals surface area contributed by atoms with Gasteiger partial charge in [0.25, 0.3) is 0 Å². The average molecular weight is 365 g/mol. The first-order valence-electron chi connectivity index (χ1n) is 8.13. The smallest absolute Gasteiger partial charge is 0.318 e. The number of rotatable bonds is 7. The monoisotopic (exact) mass is 364 g/mol. The van der Waals surface area contributed by atoms with Crippen molar-refractivity contribution in [3.8, 4) is 5.75 Å². The van der Waals surface area contributed by atoms with Gasteiger partial charge in [0, 0.05) is 12.6 Å². The highest BCUT2D eigenvalue weighted by atomic mass is 35.5. The number of nitrogens with one attached hydrogen (secondary N) is 1. The van der Waals surface area contributed by atoms with Gasteiger partial charge in [-0.2, -0.15) is 0 Å². The predicted octanol–water partition coefficient (Wildman–Crippen LogP) is 4.48. The quantitative estimate of drug-likeness (QED) is 0.736. The molecule has 134 valence electrons. The zero-order valence-corrected chi connectivity index (χ0v) is 15.1. The number of benzene rings is 2. The average Bonchev–Trinajstić information content (AvgIpc) is 2.58. The van der Waals surface area contributed by atoms with Crippen LogP contribution in [0.25, 0.3) is 0 Å². The molecule has 0 aliphatic heterocycles. The Kier molecular flexibility index (Phi) is 7.07. The van der Waals surface area contributed by atoms with E-state index >= 15 is 0 Å². The topological polar surface area (TPSA) is 41.6 Å². The largest absolute Gasteiger partial charge is 0.490 e. The molecular formula is C19H22ClFN2O2. The Labute approximate surface area is 152 Å². The third-order valence-electron chi connectivity index (χ3n) is 3.61. The third kappa shape index (κ3) is 5.94. The molecule has 0 radical (unpaired) electrons. The molecule has 25 heavy (non-hydrogen) atoms. The second-order valence-electron chi connectivity index (χ2n) is 5.86. The van der Waals surface area contributed by atoms with Gasteiger partial charge in [0.2, 0.25) is 0 Å². The van der Waals surface area contributed by atoms with Gasteiger partial charge >= 0.3 is 6.03 Å². The molecule has 1 N–H and O–H groups in total. The number of carbonyl (C=O) groups is 1. The highest BCUT2D eigenvalue weighted by molar-refractivity contribution is 6.32. The molecule has 0 saturated heterocycles. The van der Waals surface area contributed by atoms with Crippen LogP contribution in [0.3, 0.4) is 0 Å². The van der Waals surface area contributed by atoms with Gasteiger partial charge in [0.15, 0.2) is 0 Å². The van der Waals surface area contributed by atoms with Crippen LogP contribution >= 0.6 is 11.6 Å². The van der Waals surface area contributed by atoms with Gasteiger partial charge in [0.05, 0.1) is 11.6 Å². The molecule has 0 bridgehead atoms. The van der Waals surface area contributed by atoms with Crippen LogP contribution in [0.1, 0.15) is 19.4 Å². The predicted molar refractivity (Wildman–Crippen MR) is 97.4 cm³/mol. The van der Waals surface area contributed by atoms with E-state index in [1.807, 2.05) is 44.2 Å². The fourth-order valence-corrected chi connectivity index (χ4v) is 2.50. The maximum absolute atomic E-state index is 13.0. The summed E-state index contributed by atoms with van der Waals surface area (Å²) in [5, 5.41) is 3.04. The van der Waals surface area contributed by atoms with Crippen molar-refractivity contribution >= 4 is 17.6 Å². The number of carbonyl (C=O) groups excluding carboxylic acids is 1. The van der Waals surface area contributed by atoms with Crippen molar-refractivity contribution in [1.82, 2.24) is 10.2 Å². The second kappa shape index (κ2) is 9.28. The molecule has 2 aromatic carbocycles. The molecule has 0 fully saturated rings. The summed E-state index contributed by atoms with van der Waals surface area (Å²) in [6.45, 7) is 5.04. The van der Waals surface area contributed by atoms with Gasteiger partial charge in [-0.3, -0.25) is 0 Å². The van der Waals surface area contributed by atoms with Gasteiger partial charge in [-0.1, -0.05) is 41.9 Å². The molecule has 4 nitrogen and oxygen atoms in total. The molecule has 0 aliphatic carbocycles. The number of ether oxygens (including phenoxy) is 1. The van der Waals surface area contributed by atoms with E-state index in [1.54, 1.807) is 4.90 Å². The molecule has 0 spiro atoms. The molecule has 0 atom stereocenters. The van der Waals surface area contributed by atoms with Gasteiger partial charge in [-0.05, 0) is 37.6 Å². The van der Waals surface area contributed by atoms with E-state index in [0.29, 0.717) is 18.8 Å². The van der Waals surface area contributed by atoms with Gasteiger partial charge < -0.3 is 15.0 Å².